The standard InChI is InChI=1S/C15H13ClN2O3/c1-9-6-10(2-3-13(9)16)14(19)18-8-12-7-11(15(20)21)4-5-17-12/h2-7H,8H2,1H3,(H,18,19)(H,20,21). The molecule has 2 aromatic rings. The molecule has 0 aliphatic carbocycles. The van der Waals surface area contributed by atoms with Gasteiger partial charge in [-0.15, -0.1) is 0 Å². The quantitative estimate of drug-likeness (QED) is 0.910. The van der Waals surface area contributed by atoms with Gasteiger partial charge < -0.3 is 10.4 Å². The fourth-order valence-corrected chi connectivity index (χ4v) is 1.88. The summed E-state index contributed by atoms with van der Waals surface area (Å²) < 4.78 is 0. The Labute approximate surface area is 126 Å². The second-order valence-corrected chi connectivity index (χ2v) is 4.89. The lowest BCUT2D eigenvalue weighted by atomic mass is 10.1. The summed E-state index contributed by atoms with van der Waals surface area (Å²) >= 11 is 5.91. The van der Waals surface area contributed by atoms with Gasteiger partial charge >= 0.3 is 5.97 Å². The lowest BCUT2D eigenvalue weighted by Crippen LogP contribution is -2.23. The lowest BCUT2D eigenvalue weighted by molar-refractivity contribution is 0.0696. The molecule has 0 saturated heterocycles. The number of aromatic carboxylic acids is 1. The third-order valence-electron chi connectivity index (χ3n) is 2.91. The van der Waals surface area contributed by atoms with E-state index in [1.165, 1.54) is 18.3 Å². The summed E-state index contributed by atoms with van der Waals surface area (Å²) in [7, 11) is 0. The Hall–Kier alpha value is -2.40. The average Bonchev–Trinajstić information content (AvgIpc) is 2.48. The van der Waals surface area contributed by atoms with E-state index in [2.05, 4.69) is 10.3 Å². The zero-order chi connectivity index (χ0) is 15.4. The fraction of sp³-hybridized carbons (Fsp3) is 0.133. The van der Waals surface area contributed by atoms with Crippen LogP contribution in [-0.2, 0) is 6.54 Å². The number of aromatic nitrogens is 1. The molecule has 0 bridgehead atoms. The zero-order valence-electron chi connectivity index (χ0n) is 11.3. The number of hydrogen-bond donors (Lipinski definition) is 2. The summed E-state index contributed by atoms with van der Waals surface area (Å²) in [6.45, 7) is 1.97. The molecule has 0 fully saturated rings. The third-order valence-corrected chi connectivity index (χ3v) is 3.34. The maximum atomic E-state index is 12.0. The molecule has 0 aliphatic rings. The summed E-state index contributed by atoms with van der Waals surface area (Å²) in [4.78, 5) is 26.9. The number of carbonyl (C=O) groups excluding carboxylic acids is 1. The minimum Gasteiger partial charge on any atom is -0.478 e. The molecule has 108 valence electrons. The van der Waals surface area contributed by atoms with Gasteiger partial charge in [0.2, 0.25) is 0 Å². The first-order valence-corrected chi connectivity index (χ1v) is 6.58. The van der Waals surface area contributed by atoms with Crippen LogP contribution in [0.1, 0.15) is 32.0 Å². The smallest absolute Gasteiger partial charge is 0.335 e. The maximum Gasteiger partial charge on any atom is 0.335 e. The average molecular weight is 305 g/mol. The predicted octanol–water partition coefficient (Wildman–Crippen LogP) is 2.67. The Bertz CT molecular complexity index is 701. The molecule has 0 radical (unpaired) electrons. The fourth-order valence-electron chi connectivity index (χ4n) is 1.77. The van der Waals surface area contributed by atoms with Crippen LogP contribution in [0.25, 0.3) is 0 Å². The number of carboxylic acid groups (broad SMARTS) is 1. The number of nitrogens with zero attached hydrogens (tertiary/aromatic N) is 1. The molecule has 0 unspecified atom stereocenters. The molecular formula is C15H13ClN2O3. The van der Waals surface area contributed by atoms with Gasteiger partial charge in [-0.25, -0.2) is 4.79 Å². The van der Waals surface area contributed by atoms with Crippen molar-refractivity contribution in [2.45, 2.75) is 13.5 Å². The number of nitrogens with one attached hydrogen (secondary N) is 1. The van der Waals surface area contributed by atoms with E-state index in [0.29, 0.717) is 16.3 Å². The van der Waals surface area contributed by atoms with E-state index < -0.39 is 5.97 Å². The normalized spacial score (nSPS) is 10.2. The number of halogens is 1. The van der Waals surface area contributed by atoms with Crippen molar-refractivity contribution in [3.63, 3.8) is 0 Å². The molecule has 1 heterocycles. The van der Waals surface area contributed by atoms with E-state index >= 15 is 0 Å². The van der Waals surface area contributed by atoms with Crippen molar-refractivity contribution in [2.24, 2.45) is 0 Å². The number of pyridine rings is 1. The van der Waals surface area contributed by atoms with Crippen molar-refractivity contribution in [1.82, 2.24) is 10.3 Å². The summed E-state index contributed by atoms with van der Waals surface area (Å²) in [5.41, 5.74) is 1.92. The van der Waals surface area contributed by atoms with Gasteiger partial charge in [0.25, 0.3) is 5.91 Å². The van der Waals surface area contributed by atoms with Crippen molar-refractivity contribution >= 4 is 23.5 Å². The van der Waals surface area contributed by atoms with Crippen molar-refractivity contribution < 1.29 is 14.7 Å². The topological polar surface area (TPSA) is 79.3 Å². The number of rotatable bonds is 4. The summed E-state index contributed by atoms with van der Waals surface area (Å²) in [6.07, 6.45) is 1.40. The molecule has 2 rings (SSSR count). The van der Waals surface area contributed by atoms with E-state index in [1.54, 1.807) is 18.2 Å². The number of amides is 1. The SMILES string of the molecule is Cc1cc(C(=O)NCc2cc(C(=O)O)ccn2)ccc1Cl. The second kappa shape index (κ2) is 6.37. The highest BCUT2D eigenvalue weighted by molar-refractivity contribution is 6.31. The van der Waals surface area contributed by atoms with E-state index in [1.807, 2.05) is 6.92 Å². The lowest BCUT2D eigenvalue weighted by Gasteiger charge is -2.07. The highest BCUT2D eigenvalue weighted by Gasteiger charge is 2.09. The van der Waals surface area contributed by atoms with Crippen molar-refractivity contribution in [3.05, 3.63) is 63.9 Å². The Morgan fingerprint density at radius 2 is 2.00 bits per heavy atom. The molecule has 0 saturated carbocycles. The molecule has 1 aromatic carbocycles. The van der Waals surface area contributed by atoms with Gasteiger partial charge in [0.15, 0.2) is 0 Å². The molecular weight excluding hydrogens is 292 g/mol. The van der Waals surface area contributed by atoms with Crippen molar-refractivity contribution in [1.29, 1.82) is 0 Å². The van der Waals surface area contributed by atoms with Gasteiger partial charge in [-0.1, -0.05) is 11.6 Å². The minimum absolute atomic E-state index is 0.136. The Balaban J connectivity index is 2.05. The van der Waals surface area contributed by atoms with Crippen LogP contribution < -0.4 is 5.32 Å². The van der Waals surface area contributed by atoms with Crippen LogP contribution in [0.3, 0.4) is 0 Å². The van der Waals surface area contributed by atoms with E-state index in [-0.39, 0.29) is 18.0 Å². The van der Waals surface area contributed by atoms with Gasteiger partial charge in [-0.2, -0.15) is 0 Å². The molecule has 1 aromatic heterocycles. The number of benzene rings is 1. The molecule has 21 heavy (non-hydrogen) atoms. The Morgan fingerprint density at radius 1 is 1.24 bits per heavy atom. The summed E-state index contributed by atoms with van der Waals surface area (Å²) in [5.74, 6) is -1.30. The monoisotopic (exact) mass is 304 g/mol. The minimum atomic E-state index is -1.03. The highest BCUT2D eigenvalue weighted by atomic mass is 35.5. The molecule has 0 spiro atoms. The maximum absolute atomic E-state index is 12.0. The van der Waals surface area contributed by atoms with Crippen molar-refractivity contribution in [3.8, 4) is 0 Å². The zero-order valence-corrected chi connectivity index (χ0v) is 12.0. The first-order valence-electron chi connectivity index (χ1n) is 6.20. The molecule has 1 amide bonds. The van der Waals surface area contributed by atoms with Gasteiger partial charge in [0.05, 0.1) is 17.8 Å². The molecule has 0 aliphatic heterocycles. The van der Waals surface area contributed by atoms with Crippen LogP contribution in [0.4, 0.5) is 0 Å². The van der Waals surface area contributed by atoms with Crippen LogP contribution >= 0.6 is 11.6 Å². The summed E-state index contributed by atoms with van der Waals surface area (Å²) in [5, 5.41) is 12.2. The number of carbonyl (C=O) groups is 2. The number of hydrogen-bond acceptors (Lipinski definition) is 3. The van der Waals surface area contributed by atoms with Crippen LogP contribution in [0, 0.1) is 6.92 Å². The van der Waals surface area contributed by atoms with Gasteiger partial charge in [0.1, 0.15) is 0 Å². The summed E-state index contributed by atoms with van der Waals surface area (Å²) in [6, 6.07) is 7.81. The largest absolute Gasteiger partial charge is 0.478 e. The highest BCUT2D eigenvalue weighted by Crippen LogP contribution is 2.16. The number of carboxylic acids is 1. The van der Waals surface area contributed by atoms with E-state index in [4.69, 9.17) is 16.7 Å². The van der Waals surface area contributed by atoms with Gasteiger partial charge in [0, 0.05) is 16.8 Å². The van der Waals surface area contributed by atoms with Crippen LogP contribution in [-0.4, -0.2) is 22.0 Å². The van der Waals surface area contributed by atoms with Gasteiger partial charge in [-0.3, -0.25) is 9.78 Å². The molecule has 5 nitrogen and oxygen atoms in total. The first-order chi connectivity index (χ1) is 9.97. The molecule has 6 heteroatoms. The van der Waals surface area contributed by atoms with Crippen LogP contribution in [0.5, 0.6) is 0 Å². The second-order valence-electron chi connectivity index (χ2n) is 4.49. The van der Waals surface area contributed by atoms with Gasteiger partial charge in [-0.05, 0) is 42.8 Å². The third kappa shape index (κ3) is 3.79. The van der Waals surface area contributed by atoms with E-state index in [0.717, 1.165) is 5.56 Å². The molecule has 0 atom stereocenters. The van der Waals surface area contributed by atoms with Crippen LogP contribution in [0.2, 0.25) is 5.02 Å². The van der Waals surface area contributed by atoms with E-state index in [9.17, 15) is 9.59 Å². The van der Waals surface area contributed by atoms with Crippen LogP contribution in [0.15, 0.2) is 36.5 Å². The number of aryl methyl sites for hydroxylation is 1. The Morgan fingerprint density at radius 3 is 2.67 bits per heavy atom. The van der Waals surface area contributed by atoms with Crippen molar-refractivity contribution in [2.75, 3.05) is 0 Å². The Kier molecular flexibility index (Phi) is 4.55. The first kappa shape index (κ1) is 15.0. The molecule has 2 N–H and O–H groups in total. The predicted molar refractivity (Wildman–Crippen MR) is 78.6 cm³/mol.